The smallest absolute Gasteiger partial charge is 0.226 e. The molecule has 2 heterocycles. The van der Waals surface area contributed by atoms with E-state index >= 15 is 0 Å². The Labute approximate surface area is 180 Å². The average molecular weight is 432 g/mol. The van der Waals surface area contributed by atoms with Crippen molar-refractivity contribution >= 4 is 15.7 Å². The molecule has 0 bridgehead atoms. The van der Waals surface area contributed by atoms with E-state index in [4.69, 9.17) is 0 Å². The summed E-state index contributed by atoms with van der Waals surface area (Å²) in [4.78, 5) is 19.4. The molecule has 0 N–H and O–H groups in total. The van der Waals surface area contributed by atoms with Crippen molar-refractivity contribution in [3.05, 3.63) is 48.0 Å². The molecule has 30 heavy (non-hydrogen) atoms. The van der Waals surface area contributed by atoms with Gasteiger partial charge in [-0.15, -0.1) is 0 Å². The molecule has 0 aliphatic carbocycles. The zero-order valence-corrected chi connectivity index (χ0v) is 19.2. The van der Waals surface area contributed by atoms with Gasteiger partial charge in [-0.2, -0.15) is 0 Å². The molecular formula is C23H33N3O3S. The lowest BCUT2D eigenvalue weighted by Crippen LogP contribution is -2.40. The van der Waals surface area contributed by atoms with E-state index in [1.807, 2.05) is 11.1 Å². The van der Waals surface area contributed by atoms with Crippen LogP contribution >= 0.6 is 0 Å². The van der Waals surface area contributed by atoms with Crippen LogP contribution in [0.5, 0.6) is 0 Å². The summed E-state index contributed by atoms with van der Waals surface area (Å²) in [6, 6.07) is 6.74. The maximum atomic E-state index is 12.7. The Bertz CT molecular complexity index is 954. The van der Waals surface area contributed by atoms with Crippen LogP contribution in [0.2, 0.25) is 0 Å². The van der Waals surface area contributed by atoms with Gasteiger partial charge < -0.3 is 9.47 Å². The van der Waals surface area contributed by atoms with E-state index in [0.717, 1.165) is 43.9 Å². The van der Waals surface area contributed by atoms with Crippen LogP contribution in [0, 0.1) is 5.92 Å². The van der Waals surface area contributed by atoms with E-state index < -0.39 is 15.1 Å². The number of nitrogens with zero attached hydrogens (tertiary/aromatic N) is 3. The maximum Gasteiger partial charge on any atom is 0.226 e. The molecule has 0 unspecified atom stereocenters. The van der Waals surface area contributed by atoms with E-state index in [0.29, 0.717) is 23.2 Å². The number of amides is 1. The minimum absolute atomic E-state index is 0.110. The number of carbonyl (C=O) groups excluding carboxylic acids is 1. The van der Waals surface area contributed by atoms with E-state index in [1.165, 1.54) is 0 Å². The van der Waals surface area contributed by atoms with Gasteiger partial charge in [-0.05, 0) is 50.3 Å². The van der Waals surface area contributed by atoms with Crippen LogP contribution in [0.25, 0.3) is 0 Å². The second-order valence-electron chi connectivity index (χ2n) is 8.83. The zero-order valence-electron chi connectivity index (χ0n) is 18.4. The molecule has 6 nitrogen and oxygen atoms in total. The lowest BCUT2D eigenvalue weighted by atomic mass is 9.96. The zero-order chi connectivity index (χ0) is 21.9. The van der Waals surface area contributed by atoms with Crippen LogP contribution < -0.4 is 0 Å². The Kier molecular flexibility index (Phi) is 7.01. The van der Waals surface area contributed by atoms with Gasteiger partial charge in [0.05, 0.1) is 16.6 Å². The summed E-state index contributed by atoms with van der Waals surface area (Å²) in [5.74, 6) is 2.19. The van der Waals surface area contributed by atoms with Crippen molar-refractivity contribution in [1.82, 2.24) is 14.5 Å². The fraction of sp³-hybridized carbons (Fsp3) is 0.565. The first kappa shape index (κ1) is 22.5. The van der Waals surface area contributed by atoms with Crippen LogP contribution in [-0.2, 0) is 27.6 Å². The standard InChI is InChI=1S/C23H33N3O3S/c1-17(2)23-24-11-14-26(23)16-20-9-12-25(13-10-20)22(27)15-19-5-7-21(8-6-19)30(28,29)18(3)4/h5-8,11,14,17-18,20H,9-10,12-13,15-16H2,1-4H3. The topological polar surface area (TPSA) is 72.3 Å². The van der Waals surface area contributed by atoms with Gasteiger partial charge in [-0.3, -0.25) is 4.79 Å². The minimum Gasteiger partial charge on any atom is -0.342 e. The highest BCUT2D eigenvalue weighted by molar-refractivity contribution is 7.92. The molecule has 164 valence electrons. The normalized spacial score (nSPS) is 15.9. The number of hydrogen-bond acceptors (Lipinski definition) is 4. The Morgan fingerprint density at radius 3 is 2.30 bits per heavy atom. The number of piperidine rings is 1. The lowest BCUT2D eigenvalue weighted by Gasteiger charge is -2.32. The van der Waals surface area contributed by atoms with Crippen LogP contribution in [0.15, 0.2) is 41.6 Å². The molecule has 1 aromatic heterocycles. The third-order valence-corrected chi connectivity index (χ3v) is 8.08. The largest absolute Gasteiger partial charge is 0.342 e. The maximum absolute atomic E-state index is 12.7. The van der Waals surface area contributed by atoms with Gasteiger partial charge in [-0.25, -0.2) is 13.4 Å². The third kappa shape index (κ3) is 5.12. The van der Waals surface area contributed by atoms with Crippen LogP contribution in [-0.4, -0.2) is 47.1 Å². The second-order valence-corrected chi connectivity index (χ2v) is 11.3. The summed E-state index contributed by atoms with van der Waals surface area (Å²) in [6.45, 7) is 10.2. The molecule has 1 saturated heterocycles. The van der Waals surface area contributed by atoms with Gasteiger partial charge in [0.25, 0.3) is 0 Å². The van der Waals surface area contributed by atoms with Crippen molar-refractivity contribution in [1.29, 1.82) is 0 Å². The fourth-order valence-electron chi connectivity index (χ4n) is 3.97. The molecule has 0 spiro atoms. The molecule has 7 heteroatoms. The monoisotopic (exact) mass is 431 g/mol. The summed E-state index contributed by atoms with van der Waals surface area (Å²) in [6.07, 6.45) is 6.22. The van der Waals surface area contributed by atoms with Crippen LogP contribution in [0.3, 0.4) is 0 Å². The van der Waals surface area contributed by atoms with Crippen LogP contribution in [0.4, 0.5) is 0 Å². The first-order valence-electron chi connectivity index (χ1n) is 10.8. The molecule has 2 aromatic rings. The molecule has 1 amide bonds. The predicted octanol–water partition coefficient (Wildman–Crippen LogP) is 3.67. The summed E-state index contributed by atoms with van der Waals surface area (Å²) in [5.41, 5.74) is 0.852. The molecule has 0 radical (unpaired) electrons. The highest BCUT2D eigenvalue weighted by Crippen LogP contribution is 2.23. The second kappa shape index (κ2) is 9.33. The predicted molar refractivity (Wildman–Crippen MR) is 118 cm³/mol. The van der Waals surface area contributed by atoms with Crippen molar-refractivity contribution in [3.63, 3.8) is 0 Å². The number of carbonyl (C=O) groups is 1. The Morgan fingerprint density at radius 1 is 1.10 bits per heavy atom. The number of sulfone groups is 1. The van der Waals surface area contributed by atoms with E-state index in [9.17, 15) is 13.2 Å². The first-order chi connectivity index (χ1) is 14.2. The number of imidazole rings is 1. The van der Waals surface area contributed by atoms with Gasteiger partial charge in [0.15, 0.2) is 9.84 Å². The summed E-state index contributed by atoms with van der Waals surface area (Å²) in [5, 5.41) is -0.454. The number of rotatable bonds is 7. The van der Waals surface area contributed by atoms with E-state index in [1.54, 1.807) is 38.1 Å². The molecule has 0 atom stereocenters. The highest BCUT2D eigenvalue weighted by Gasteiger charge is 2.24. The van der Waals surface area contributed by atoms with E-state index in [2.05, 4.69) is 29.6 Å². The Morgan fingerprint density at radius 2 is 1.73 bits per heavy atom. The minimum atomic E-state index is -3.28. The summed E-state index contributed by atoms with van der Waals surface area (Å²) in [7, 11) is -3.28. The number of hydrogen-bond donors (Lipinski definition) is 0. The molecule has 1 fully saturated rings. The van der Waals surface area contributed by atoms with Gasteiger partial charge in [0.1, 0.15) is 5.82 Å². The SMILES string of the molecule is CC(C)c1nccn1CC1CCN(C(=O)Cc2ccc(S(=O)(=O)C(C)C)cc2)CC1. The van der Waals surface area contributed by atoms with Gasteiger partial charge >= 0.3 is 0 Å². The Hall–Kier alpha value is -2.15. The van der Waals surface area contributed by atoms with E-state index in [-0.39, 0.29) is 5.91 Å². The molecule has 3 rings (SSSR count). The van der Waals surface area contributed by atoms with Gasteiger partial charge in [0.2, 0.25) is 5.91 Å². The summed E-state index contributed by atoms with van der Waals surface area (Å²) >= 11 is 0. The first-order valence-corrected chi connectivity index (χ1v) is 12.3. The number of aromatic nitrogens is 2. The van der Waals surface area contributed by atoms with Crippen molar-refractivity contribution in [2.24, 2.45) is 5.92 Å². The molecule has 0 saturated carbocycles. The van der Waals surface area contributed by atoms with Crippen molar-refractivity contribution in [3.8, 4) is 0 Å². The molecule has 1 aliphatic heterocycles. The van der Waals surface area contributed by atoms with Crippen molar-refractivity contribution < 1.29 is 13.2 Å². The fourth-order valence-corrected chi connectivity index (χ4v) is 5.03. The quantitative estimate of drug-likeness (QED) is 0.671. The van der Waals surface area contributed by atoms with Gasteiger partial charge in [0, 0.05) is 37.9 Å². The average Bonchev–Trinajstić information content (AvgIpc) is 3.17. The number of benzene rings is 1. The molecule has 1 aliphatic rings. The van der Waals surface area contributed by atoms with Crippen molar-refractivity contribution in [2.45, 2.75) is 69.6 Å². The lowest BCUT2D eigenvalue weighted by molar-refractivity contribution is -0.131. The van der Waals surface area contributed by atoms with Gasteiger partial charge in [-0.1, -0.05) is 26.0 Å². The highest BCUT2D eigenvalue weighted by atomic mass is 32.2. The third-order valence-electron chi connectivity index (χ3n) is 5.91. The number of likely N-dealkylation sites (tertiary alicyclic amines) is 1. The van der Waals surface area contributed by atoms with Crippen molar-refractivity contribution in [2.75, 3.05) is 13.1 Å². The molecule has 1 aromatic carbocycles. The van der Waals surface area contributed by atoms with Crippen LogP contribution in [0.1, 0.15) is 57.8 Å². The molecular weight excluding hydrogens is 398 g/mol. The Balaban J connectivity index is 1.52. The summed E-state index contributed by atoms with van der Waals surface area (Å²) < 4.78 is 26.7.